The highest BCUT2D eigenvalue weighted by Crippen LogP contribution is 2.29. The number of alkyl halides is 3. The second-order valence-corrected chi connectivity index (χ2v) is 6.00. The number of piperidine rings is 1. The Morgan fingerprint density at radius 1 is 1.12 bits per heavy atom. The number of benzene rings is 1. The fourth-order valence-electron chi connectivity index (χ4n) is 2.80. The molecule has 2 heterocycles. The monoisotopic (exact) mass is 365 g/mol. The zero-order valence-corrected chi connectivity index (χ0v) is 13.8. The normalized spacial score (nSPS) is 15.6. The third-order valence-corrected chi connectivity index (χ3v) is 4.17. The van der Waals surface area contributed by atoms with Crippen molar-refractivity contribution in [1.29, 1.82) is 0 Å². The summed E-state index contributed by atoms with van der Waals surface area (Å²) in [5.74, 6) is 0.806. The van der Waals surface area contributed by atoms with Gasteiger partial charge in [0.2, 0.25) is 0 Å². The van der Waals surface area contributed by atoms with Gasteiger partial charge in [0, 0.05) is 37.2 Å². The third-order valence-electron chi connectivity index (χ3n) is 4.17. The summed E-state index contributed by atoms with van der Waals surface area (Å²) < 4.78 is 37.6. The molecule has 2 amide bonds. The first-order valence-electron chi connectivity index (χ1n) is 8.17. The Balaban J connectivity index is 1.47. The number of hydrogen-bond acceptors (Lipinski definition) is 4. The quantitative estimate of drug-likeness (QED) is 0.876. The van der Waals surface area contributed by atoms with Crippen LogP contribution in [0.1, 0.15) is 18.4 Å². The lowest BCUT2D eigenvalue weighted by atomic mass is 10.1. The maximum absolute atomic E-state index is 12.5. The van der Waals surface area contributed by atoms with Crippen LogP contribution in [0.3, 0.4) is 0 Å². The van der Waals surface area contributed by atoms with Crippen LogP contribution in [0.2, 0.25) is 0 Å². The molecule has 0 aliphatic carbocycles. The number of rotatable bonds is 3. The zero-order valence-electron chi connectivity index (χ0n) is 13.8. The molecule has 0 radical (unpaired) electrons. The molecule has 0 unspecified atom stereocenters. The molecule has 2 N–H and O–H groups in total. The van der Waals surface area contributed by atoms with Crippen LogP contribution in [0.15, 0.2) is 42.9 Å². The van der Waals surface area contributed by atoms with Crippen molar-refractivity contribution in [3.05, 3.63) is 48.4 Å². The van der Waals surface area contributed by atoms with Crippen molar-refractivity contribution < 1.29 is 18.0 Å². The molecule has 1 aliphatic heterocycles. The van der Waals surface area contributed by atoms with Crippen LogP contribution in [0.25, 0.3) is 0 Å². The van der Waals surface area contributed by atoms with Gasteiger partial charge in [0.15, 0.2) is 0 Å². The van der Waals surface area contributed by atoms with Gasteiger partial charge in [0.25, 0.3) is 0 Å². The Hall–Kier alpha value is -2.84. The molecule has 0 atom stereocenters. The average Bonchev–Trinajstić information content (AvgIpc) is 2.63. The summed E-state index contributed by atoms with van der Waals surface area (Å²) in [6.07, 6.45) is 2.05. The molecule has 0 bridgehead atoms. The lowest BCUT2D eigenvalue weighted by Gasteiger charge is -2.32. The molecule has 26 heavy (non-hydrogen) atoms. The summed E-state index contributed by atoms with van der Waals surface area (Å²) in [6.45, 7) is 1.48. The van der Waals surface area contributed by atoms with Crippen molar-refractivity contribution in [1.82, 2.24) is 15.3 Å². The van der Waals surface area contributed by atoms with Gasteiger partial charge in [-0.2, -0.15) is 13.2 Å². The number of halogens is 3. The maximum atomic E-state index is 12.5. The van der Waals surface area contributed by atoms with Crippen molar-refractivity contribution in [2.75, 3.05) is 23.3 Å². The summed E-state index contributed by atoms with van der Waals surface area (Å²) in [6, 6.07) is 3.92. The minimum Gasteiger partial charge on any atom is -0.355 e. The molecule has 1 saturated heterocycles. The van der Waals surface area contributed by atoms with Crippen molar-refractivity contribution in [2.45, 2.75) is 25.1 Å². The van der Waals surface area contributed by atoms with E-state index in [0.717, 1.165) is 43.9 Å². The van der Waals surface area contributed by atoms with Gasteiger partial charge in [-0.3, -0.25) is 4.98 Å². The van der Waals surface area contributed by atoms with Gasteiger partial charge in [-0.25, -0.2) is 9.78 Å². The van der Waals surface area contributed by atoms with Gasteiger partial charge in [-0.15, -0.1) is 0 Å². The largest absolute Gasteiger partial charge is 0.416 e. The van der Waals surface area contributed by atoms with E-state index in [2.05, 4.69) is 25.5 Å². The lowest BCUT2D eigenvalue weighted by Crippen LogP contribution is -2.46. The van der Waals surface area contributed by atoms with Crippen molar-refractivity contribution in [3.63, 3.8) is 0 Å². The average molecular weight is 365 g/mol. The van der Waals surface area contributed by atoms with Gasteiger partial charge in [-0.1, -0.05) is 0 Å². The molecule has 3 rings (SSSR count). The molecule has 1 aromatic heterocycles. The van der Waals surface area contributed by atoms with Crippen LogP contribution in [0.4, 0.5) is 29.5 Å². The predicted molar refractivity (Wildman–Crippen MR) is 90.9 cm³/mol. The highest BCUT2D eigenvalue weighted by Gasteiger charge is 2.30. The molecular formula is C17H18F3N5O. The van der Waals surface area contributed by atoms with Crippen molar-refractivity contribution >= 4 is 17.5 Å². The summed E-state index contributed by atoms with van der Waals surface area (Å²) in [5.41, 5.74) is -0.438. The van der Waals surface area contributed by atoms with E-state index in [1.807, 2.05) is 0 Å². The predicted octanol–water partition coefficient (Wildman–Crippen LogP) is 3.29. The molecule has 1 fully saturated rings. The SMILES string of the molecule is O=C(Nc1ccc(C(F)(F)F)cc1)NC1CCN(c2cnccn2)CC1. The molecule has 1 aliphatic rings. The van der Waals surface area contributed by atoms with E-state index in [0.29, 0.717) is 5.69 Å². The molecule has 9 heteroatoms. The van der Waals surface area contributed by atoms with Crippen molar-refractivity contribution in [2.24, 2.45) is 0 Å². The first-order chi connectivity index (χ1) is 12.4. The van der Waals surface area contributed by atoms with E-state index in [1.54, 1.807) is 18.6 Å². The number of urea groups is 1. The summed E-state index contributed by atoms with van der Waals surface area (Å²) in [4.78, 5) is 22.4. The third kappa shape index (κ3) is 4.62. The number of carbonyl (C=O) groups is 1. The summed E-state index contributed by atoms with van der Waals surface area (Å²) in [5, 5.41) is 5.41. The Labute approximate surface area is 148 Å². The molecule has 1 aromatic carbocycles. The van der Waals surface area contributed by atoms with Crippen LogP contribution < -0.4 is 15.5 Å². The van der Waals surface area contributed by atoms with Crippen LogP contribution in [0.5, 0.6) is 0 Å². The van der Waals surface area contributed by atoms with Crippen LogP contribution >= 0.6 is 0 Å². The number of carbonyl (C=O) groups excluding carboxylic acids is 1. The minimum atomic E-state index is -4.39. The van der Waals surface area contributed by atoms with E-state index in [1.165, 1.54) is 12.1 Å². The molecular weight excluding hydrogens is 347 g/mol. The number of aromatic nitrogens is 2. The van der Waals surface area contributed by atoms with Gasteiger partial charge >= 0.3 is 12.2 Å². The first kappa shape index (κ1) is 18.0. The Kier molecular flexibility index (Phi) is 5.24. The lowest BCUT2D eigenvalue weighted by molar-refractivity contribution is -0.137. The van der Waals surface area contributed by atoms with E-state index in [-0.39, 0.29) is 6.04 Å². The first-order valence-corrected chi connectivity index (χ1v) is 8.17. The smallest absolute Gasteiger partial charge is 0.355 e. The summed E-state index contributed by atoms with van der Waals surface area (Å²) >= 11 is 0. The molecule has 0 saturated carbocycles. The van der Waals surface area contributed by atoms with Crippen molar-refractivity contribution in [3.8, 4) is 0 Å². The second-order valence-electron chi connectivity index (χ2n) is 6.00. The number of hydrogen-bond donors (Lipinski definition) is 2. The number of amides is 2. The fraction of sp³-hybridized carbons (Fsp3) is 0.353. The highest BCUT2D eigenvalue weighted by atomic mass is 19.4. The standard InChI is InChI=1S/C17H18F3N5O/c18-17(19,20)12-1-3-13(4-2-12)23-16(26)24-14-5-9-25(10-6-14)15-11-21-7-8-22-15/h1-4,7-8,11,14H,5-6,9-10H2,(H2,23,24,26). The zero-order chi connectivity index (χ0) is 18.6. The number of nitrogens with zero attached hydrogens (tertiary/aromatic N) is 3. The van der Waals surface area contributed by atoms with Gasteiger partial charge in [0.1, 0.15) is 5.82 Å². The maximum Gasteiger partial charge on any atom is 0.416 e. The molecule has 0 spiro atoms. The van der Waals surface area contributed by atoms with E-state index >= 15 is 0 Å². The second kappa shape index (κ2) is 7.59. The Morgan fingerprint density at radius 3 is 2.38 bits per heavy atom. The topological polar surface area (TPSA) is 70.2 Å². The fourth-order valence-corrected chi connectivity index (χ4v) is 2.80. The van der Waals surface area contributed by atoms with Gasteiger partial charge < -0.3 is 15.5 Å². The molecule has 138 valence electrons. The molecule has 6 nitrogen and oxygen atoms in total. The molecule has 2 aromatic rings. The minimum absolute atomic E-state index is 0.00244. The number of nitrogens with one attached hydrogen (secondary N) is 2. The van der Waals surface area contributed by atoms with Crippen LogP contribution in [-0.4, -0.2) is 35.1 Å². The van der Waals surface area contributed by atoms with E-state index in [9.17, 15) is 18.0 Å². The number of anilines is 2. The van der Waals surface area contributed by atoms with Gasteiger partial charge in [-0.05, 0) is 37.1 Å². The Bertz CT molecular complexity index is 728. The van der Waals surface area contributed by atoms with E-state index < -0.39 is 17.8 Å². The van der Waals surface area contributed by atoms with Crippen LogP contribution in [0, 0.1) is 0 Å². The van der Waals surface area contributed by atoms with E-state index in [4.69, 9.17) is 0 Å². The van der Waals surface area contributed by atoms with Crippen LogP contribution in [-0.2, 0) is 6.18 Å². The highest BCUT2D eigenvalue weighted by molar-refractivity contribution is 5.89. The van der Waals surface area contributed by atoms with Gasteiger partial charge in [0.05, 0.1) is 11.8 Å². The Morgan fingerprint density at radius 2 is 1.81 bits per heavy atom. The summed E-state index contributed by atoms with van der Waals surface area (Å²) in [7, 11) is 0.